The predicted molar refractivity (Wildman–Crippen MR) is 76.2 cm³/mol. The largest absolute Gasteiger partial charge is 0.381 e. The number of carbonyl (C=O) groups excluding carboxylic acids is 2. The van der Waals surface area contributed by atoms with Crippen LogP contribution in [-0.2, 0) is 14.3 Å². The Hall–Kier alpha value is -1.10. The van der Waals surface area contributed by atoms with Crippen LogP contribution in [0, 0.1) is 5.92 Å². The summed E-state index contributed by atoms with van der Waals surface area (Å²) < 4.78 is 5.37. The van der Waals surface area contributed by atoms with Gasteiger partial charge in [-0.3, -0.25) is 9.59 Å². The highest BCUT2D eigenvalue weighted by Gasteiger charge is 2.35. The van der Waals surface area contributed by atoms with Crippen molar-refractivity contribution < 1.29 is 14.3 Å². The molecule has 0 N–H and O–H groups in total. The lowest BCUT2D eigenvalue weighted by molar-refractivity contribution is -0.143. The lowest BCUT2D eigenvalue weighted by Gasteiger charge is -2.33. The lowest BCUT2D eigenvalue weighted by Crippen LogP contribution is -2.48. The predicted octanol–water partition coefficient (Wildman–Crippen LogP) is 1.27. The van der Waals surface area contributed by atoms with Crippen molar-refractivity contribution in [2.75, 3.05) is 32.8 Å². The van der Waals surface area contributed by atoms with E-state index in [9.17, 15) is 9.59 Å². The fourth-order valence-electron chi connectivity index (χ4n) is 3.23. The zero-order valence-electron chi connectivity index (χ0n) is 12.6. The first-order valence-corrected chi connectivity index (χ1v) is 7.77. The van der Waals surface area contributed by atoms with E-state index in [0.29, 0.717) is 5.92 Å². The first-order chi connectivity index (χ1) is 9.63. The smallest absolute Gasteiger partial charge is 0.245 e. The Morgan fingerprint density at radius 2 is 1.95 bits per heavy atom. The van der Waals surface area contributed by atoms with Gasteiger partial charge in [0.15, 0.2) is 0 Å². The van der Waals surface area contributed by atoms with Gasteiger partial charge in [0.25, 0.3) is 0 Å². The summed E-state index contributed by atoms with van der Waals surface area (Å²) in [6.45, 7) is 7.43. The summed E-state index contributed by atoms with van der Waals surface area (Å²) >= 11 is 0. The molecule has 20 heavy (non-hydrogen) atoms. The molecular weight excluding hydrogens is 256 g/mol. The minimum Gasteiger partial charge on any atom is -0.381 e. The molecule has 0 spiro atoms. The molecule has 0 aromatic rings. The third-order valence-corrected chi connectivity index (χ3v) is 4.46. The van der Waals surface area contributed by atoms with Crippen LogP contribution in [0.25, 0.3) is 0 Å². The van der Waals surface area contributed by atoms with E-state index in [-0.39, 0.29) is 17.9 Å². The first kappa shape index (κ1) is 15.3. The summed E-state index contributed by atoms with van der Waals surface area (Å²) in [4.78, 5) is 27.9. The van der Waals surface area contributed by atoms with Gasteiger partial charge in [-0.05, 0) is 38.5 Å². The second kappa shape index (κ2) is 7.07. The van der Waals surface area contributed by atoms with Crippen LogP contribution in [0.3, 0.4) is 0 Å². The van der Waals surface area contributed by atoms with Gasteiger partial charge in [-0.1, -0.05) is 0 Å². The highest BCUT2D eigenvalue weighted by atomic mass is 16.5. The van der Waals surface area contributed by atoms with Crippen molar-refractivity contribution >= 4 is 11.8 Å². The van der Waals surface area contributed by atoms with Crippen molar-refractivity contribution in [2.24, 2.45) is 5.92 Å². The summed E-state index contributed by atoms with van der Waals surface area (Å²) in [5.41, 5.74) is 0. The molecule has 0 unspecified atom stereocenters. The highest BCUT2D eigenvalue weighted by molar-refractivity contribution is 5.87. The van der Waals surface area contributed by atoms with Gasteiger partial charge >= 0.3 is 0 Å². The Labute approximate surface area is 121 Å². The Balaban J connectivity index is 1.95. The number of amides is 2. The molecule has 0 aromatic carbocycles. The van der Waals surface area contributed by atoms with Crippen LogP contribution in [0.4, 0.5) is 0 Å². The summed E-state index contributed by atoms with van der Waals surface area (Å²) in [7, 11) is 0. The Morgan fingerprint density at radius 3 is 2.55 bits per heavy atom. The molecule has 2 aliphatic heterocycles. The fraction of sp³-hybridized carbons (Fsp3) is 0.867. The second-order valence-corrected chi connectivity index (χ2v) is 5.80. The lowest BCUT2D eigenvalue weighted by atomic mass is 9.99. The van der Waals surface area contributed by atoms with Crippen LogP contribution >= 0.6 is 0 Å². The zero-order valence-corrected chi connectivity index (χ0v) is 12.6. The minimum atomic E-state index is -0.229. The average Bonchev–Trinajstić information content (AvgIpc) is 2.94. The van der Waals surface area contributed by atoms with Gasteiger partial charge in [0.1, 0.15) is 6.04 Å². The number of nitrogens with zero attached hydrogens (tertiary/aromatic N) is 2. The molecule has 2 fully saturated rings. The maximum absolute atomic E-state index is 12.7. The van der Waals surface area contributed by atoms with Crippen molar-refractivity contribution in [3.8, 4) is 0 Å². The van der Waals surface area contributed by atoms with E-state index in [1.54, 1.807) is 11.8 Å². The molecule has 0 saturated carbocycles. The topological polar surface area (TPSA) is 49.9 Å². The van der Waals surface area contributed by atoms with Crippen LogP contribution in [-0.4, -0.2) is 60.5 Å². The number of likely N-dealkylation sites (tertiary alicyclic amines) is 1. The molecular formula is C15H26N2O3. The normalized spacial score (nSPS) is 23.9. The van der Waals surface area contributed by atoms with E-state index in [0.717, 1.165) is 58.5 Å². The SMILES string of the molecule is CCN(CC1CCOCC1)C(=O)[C@@H]1CCCN1C(C)=O. The number of rotatable bonds is 4. The first-order valence-electron chi connectivity index (χ1n) is 7.77. The Morgan fingerprint density at radius 1 is 1.25 bits per heavy atom. The van der Waals surface area contributed by atoms with Crippen LogP contribution in [0.15, 0.2) is 0 Å². The van der Waals surface area contributed by atoms with Crippen LogP contribution in [0.2, 0.25) is 0 Å². The van der Waals surface area contributed by atoms with Crippen molar-refractivity contribution in [2.45, 2.75) is 45.6 Å². The van der Waals surface area contributed by atoms with Crippen LogP contribution in [0.5, 0.6) is 0 Å². The zero-order chi connectivity index (χ0) is 14.5. The molecule has 2 aliphatic rings. The van der Waals surface area contributed by atoms with Gasteiger partial charge < -0.3 is 14.5 Å². The molecule has 2 amide bonds. The van der Waals surface area contributed by atoms with Gasteiger partial charge in [-0.25, -0.2) is 0 Å². The van der Waals surface area contributed by atoms with Crippen molar-refractivity contribution in [1.29, 1.82) is 0 Å². The average molecular weight is 282 g/mol. The van der Waals surface area contributed by atoms with E-state index in [1.807, 2.05) is 11.8 Å². The number of carbonyl (C=O) groups is 2. The summed E-state index contributed by atoms with van der Waals surface area (Å²) in [5, 5.41) is 0. The number of ether oxygens (including phenoxy) is 1. The van der Waals surface area contributed by atoms with E-state index < -0.39 is 0 Å². The third kappa shape index (κ3) is 3.51. The molecule has 0 radical (unpaired) electrons. The van der Waals surface area contributed by atoms with Gasteiger partial charge in [0.2, 0.25) is 11.8 Å². The van der Waals surface area contributed by atoms with Gasteiger partial charge in [-0.15, -0.1) is 0 Å². The fourth-order valence-corrected chi connectivity index (χ4v) is 3.23. The standard InChI is InChI=1S/C15H26N2O3/c1-3-16(11-13-6-9-20-10-7-13)15(19)14-5-4-8-17(14)12(2)18/h13-14H,3-11H2,1-2H3/t14-/m0/s1. The van der Waals surface area contributed by atoms with Gasteiger partial charge in [-0.2, -0.15) is 0 Å². The molecule has 2 saturated heterocycles. The highest BCUT2D eigenvalue weighted by Crippen LogP contribution is 2.22. The second-order valence-electron chi connectivity index (χ2n) is 5.80. The summed E-state index contributed by atoms with van der Waals surface area (Å²) in [6, 6.07) is -0.229. The van der Waals surface area contributed by atoms with E-state index in [1.165, 1.54) is 0 Å². The van der Waals surface area contributed by atoms with Crippen molar-refractivity contribution in [3.63, 3.8) is 0 Å². The minimum absolute atomic E-state index is 0.0166. The Bertz CT molecular complexity index is 353. The maximum atomic E-state index is 12.7. The van der Waals surface area contributed by atoms with Crippen molar-refractivity contribution in [1.82, 2.24) is 9.80 Å². The molecule has 5 heteroatoms. The summed E-state index contributed by atoms with van der Waals surface area (Å²) in [6.07, 6.45) is 3.81. The number of hydrogen-bond donors (Lipinski definition) is 0. The van der Waals surface area contributed by atoms with E-state index in [2.05, 4.69) is 0 Å². The van der Waals surface area contributed by atoms with Crippen LogP contribution in [0.1, 0.15) is 39.5 Å². The molecule has 1 atom stereocenters. The van der Waals surface area contributed by atoms with E-state index in [4.69, 9.17) is 4.74 Å². The van der Waals surface area contributed by atoms with E-state index >= 15 is 0 Å². The molecule has 2 heterocycles. The molecule has 0 aromatic heterocycles. The third-order valence-electron chi connectivity index (χ3n) is 4.46. The van der Waals surface area contributed by atoms with Crippen molar-refractivity contribution in [3.05, 3.63) is 0 Å². The molecule has 114 valence electrons. The maximum Gasteiger partial charge on any atom is 0.245 e. The molecule has 2 rings (SSSR count). The quantitative estimate of drug-likeness (QED) is 0.780. The number of likely N-dealkylation sites (N-methyl/N-ethyl adjacent to an activating group) is 1. The molecule has 0 aliphatic carbocycles. The van der Waals surface area contributed by atoms with Gasteiger partial charge in [0.05, 0.1) is 0 Å². The van der Waals surface area contributed by atoms with Crippen LogP contribution < -0.4 is 0 Å². The Kier molecular flexibility index (Phi) is 5.40. The number of hydrogen-bond acceptors (Lipinski definition) is 3. The van der Waals surface area contributed by atoms with Gasteiger partial charge in [0, 0.05) is 39.8 Å². The summed E-state index contributed by atoms with van der Waals surface area (Å²) in [5.74, 6) is 0.689. The molecule has 0 bridgehead atoms. The monoisotopic (exact) mass is 282 g/mol. The molecule has 5 nitrogen and oxygen atoms in total.